The largest absolute Gasteiger partial charge is 0.355 e. The number of aromatic nitrogens is 2. The van der Waals surface area contributed by atoms with Crippen molar-refractivity contribution in [2.75, 3.05) is 19.3 Å². The molecule has 0 atom stereocenters. The minimum absolute atomic E-state index is 0.0905. The summed E-state index contributed by atoms with van der Waals surface area (Å²) in [5.74, 6) is 0.654. The van der Waals surface area contributed by atoms with E-state index in [0.717, 1.165) is 30.6 Å². The summed E-state index contributed by atoms with van der Waals surface area (Å²) in [6.45, 7) is 7.47. The predicted octanol–water partition coefficient (Wildman–Crippen LogP) is 2.74. The number of amidine groups is 1. The smallest absolute Gasteiger partial charge is 0.203 e. The maximum atomic E-state index is 12.5. The number of hydrogen-bond donors (Lipinski definition) is 0. The third-order valence-corrected chi connectivity index (χ3v) is 5.37. The summed E-state index contributed by atoms with van der Waals surface area (Å²) in [5, 5.41) is 8.40. The van der Waals surface area contributed by atoms with E-state index in [1.54, 1.807) is 10.9 Å². The zero-order valence-electron chi connectivity index (χ0n) is 15.9. The minimum Gasteiger partial charge on any atom is -0.355 e. The zero-order valence-corrected chi connectivity index (χ0v) is 16.7. The van der Waals surface area contributed by atoms with E-state index in [9.17, 15) is 8.42 Å². The molecule has 2 aromatic rings. The Morgan fingerprint density at radius 1 is 1.07 bits per heavy atom. The third kappa shape index (κ3) is 3.71. The van der Waals surface area contributed by atoms with Gasteiger partial charge in [-0.05, 0) is 44.6 Å². The molecule has 1 aromatic heterocycles. The highest BCUT2D eigenvalue weighted by molar-refractivity contribution is 8.06. The van der Waals surface area contributed by atoms with Crippen LogP contribution in [0.2, 0.25) is 0 Å². The Morgan fingerprint density at radius 2 is 1.74 bits per heavy atom. The van der Waals surface area contributed by atoms with Crippen molar-refractivity contribution in [2.45, 2.75) is 20.8 Å². The fraction of sp³-hybridized carbons (Fsp3) is 0.316. The topological polar surface area (TPSA) is 79.9 Å². The molecule has 0 amide bonds. The van der Waals surface area contributed by atoms with E-state index < -0.39 is 9.84 Å². The van der Waals surface area contributed by atoms with E-state index in [-0.39, 0.29) is 5.04 Å². The summed E-state index contributed by atoms with van der Waals surface area (Å²) < 4.78 is 26.8. The molecule has 0 aliphatic carbocycles. The van der Waals surface area contributed by atoms with Gasteiger partial charge in [0.2, 0.25) is 5.04 Å². The van der Waals surface area contributed by atoms with Crippen molar-refractivity contribution < 1.29 is 8.42 Å². The van der Waals surface area contributed by atoms with Crippen molar-refractivity contribution in [1.29, 1.82) is 0 Å². The van der Waals surface area contributed by atoms with Gasteiger partial charge in [-0.2, -0.15) is 0 Å². The van der Waals surface area contributed by atoms with E-state index in [1.165, 1.54) is 0 Å². The molecule has 142 valence electrons. The average molecular weight is 385 g/mol. The van der Waals surface area contributed by atoms with Gasteiger partial charge in [0.15, 0.2) is 15.7 Å². The number of sulfone groups is 1. The lowest BCUT2D eigenvalue weighted by Gasteiger charge is -2.23. The lowest BCUT2D eigenvalue weighted by Crippen LogP contribution is -2.32. The van der Waals surface area contributed by atoms with Crippen LogP contribution in [0.3, 0.4) is 0 Å². The van der Waals surface area contributed by atoms with Crippen LogP contribution in [-0.2, 0) is 9.84 Å². The average Bonchev–Trinajstić information content (AvgIpc) is 3.02. The van der Waals surface area contributed by atoms with Gasteiger partial charge in [0, 0.05) is 25.0 Å². The van der Waals surface area contributed by atoms with Gasteiger partial charge in [-0.3, -0.25) is 4.57 Å². The Bertz CT molecular complexity index is 1030. The Labute approximate surface area is 159 Å². The van der Waals surface area contributed by atoms with Crippen LogP contribution in [0, 0.1) is 0 Å². The molecule has 0 saturated heterocycles. The Kier molecular flexibility index (Phi) is 5.27. The standard InChI is InChI=1S/C19H23N5O2S/c1-5-23(6-2)18-14(3)12-16-17(19(22-21-18)27(4,25)26)24(13-20-16)15-10-8-7-9-11-15/h7-13H,5-6H2,1-4H3/b14-12-,16-12?,18-14?,19-17?,21-18+,22-19+,22-21?. The number of rotatable bonds is 3. The van der Waals surface area contributed by atoms with Gasteiger partial charge < -0.3 is 4.90 Å². The molecule has 1 aliphatic heterocycles. The lowest BCUT2D eigenvalue weighted by atomic mass is 10.1. The maximum absolute atomic E-state index is 12.5. The van der Waals surface area contributed by atoms with Gasteiger partial charge in [-0.25, -0.2) is 13.4 Å². The van der Waals surface area contributed by atoms with Gasteiger partial charge in [-0.15, -0.1) is 10.2 Å². The normalized spacial score (nSPS) is 20.2. The Hall–Kier alpha value is -2.74. The number of para-hydroxylation sites is 1. The van der Waals surface area contributed by atoms with E-state index >= 15 is 0 Å². The molecule has 7 nitrogen and oxygen atoms in total. The van der Waals surface area contributed by atoms with Crippen molar-refractivity contribution in [3.05, 3.63) is 53.6 Å². The summed E-state index contributed by atoms with van der Waals surface area (Å²) in [6.07, 6.45) is 4.63. The minimum atomic E-state index is -3.62. The molecule has 0 unspecified atom stereocenters. The molecular formula is C19H23N5O2S. The third-order valence-electron chi connectivity index (χ3n) is 4.39. The molecule has 0 saturated carbocycles. The van der Waals surface area contributed by atoms with E-state index in [4.69, 9.17) is 0 Å². The van der Waals surface area contributed by atoms with Crippen molar-refractivity contribution in [3.8, 4) is 5.69 Å². The van der Waals surface area contributed by atoms with Crippen LogP contribution < -0.4 is 0 Å². The number of imidazole rings is 1. The SMILES string of the molecule is CCN(CC)C1=N/N=C(/S(C)(=O)=O)c2c(ncn2-c2ccccc2)/C=C\1C. The molecule has 0 N–H and O–H groups in total. The van der Waals surface area contributed by atoms with E-state index in [2.05, 4.69) is 15.2 Å². The van der Waals surface area contributed by atoms with Gasteiger partial charge in [0.1, 0.15) is 12.0 Å². The van der Waals surface area contributed by atoms with Crippen molar-refractivity contribution in [2.24, 2.45) is 10.2 Å². The van der Waals surface area contributed by atoms with Crippen LogP contribution in [0.5, 0.6) is 0 Å². The summed E-state index contributed by atoms with van der Waals surface area (Å²) in [7, 11) is -3.62. The molecule has 0 spiro atoms. The molecular weight excluding hydrogens is 362 g/mol. The predicted molar refractivity (Wildman–Crippen MR) is 109 cm³/mol. The fourth-order valence-electron chi connectivity index (χ4n) is 3.04. The van der Waals surface area contributed by atoms with Crippen LogP contribution in [0.1, 0.15) is 32.2 Å². The van der Waals surface area contributed by atoms with Gasteiger partial charge >= 0.3 is 0 Å². The first-order chi connectivity index (χ1) is 12.9. The molecule has 8 heteroatoms. The molecule has 27 heavy (non-hydrogen) atoms. The van der Waals surface area contributed by atoms with Crippen molar-refractivity contribution in [3.63, 3.8) is 0 Å². The van der Waals surface area contributed by atoms with Gasteiger partial charge in [0.25, 0.3) is 0 Å². The Morgan fingerprint density at radius 3 is 2.33 bits per heavy atom. The number of benzene rings is 1. The summed E-state index contributed by atoms with van der Waals surface area (Å²) in [5.41, 5.74) is 2.67. The number of nitrogens with zero attached hydrogens (tertiary/aromatic N) is 5. The quantitative estimate of drug-likeness (QED) is 0.814. The van der Waals surface area contributed by atoms with E-state index in [0.29, 0.717) is 17.2 Å². The van der Waals surface area contributed by atoms with Gasteiger partial charge in [0.05, 0.1) is 5.69 Å². The molecule has 0 bridgehead atoms. The number of fused-ring (bicyclic) bond motifs is 1. The molecule has 0 fully saturated rings. The van der Waals surface area contributed by atoms with Crippen LogP contribution in [0.4, 0.5) is 0 Å². The highest BCUT2D eigenvalue weighted by Gasteiger charge is 2.27. The maximum Gasteiger partial charge on any atom is 0.203 e. The number of likely N-dealkylation sites (N-methyl/N-ethyl adjacent to an activating group) is 1. The van der Waals surface area contributed by atoms with Crippen LogP contribution in [0.15, 0.2) is 52.4 Å². The molecule has 3 rings (SSSR count). The van der Waals surface area contributed by atoms with Crippen LogP contribution in [0.25, 0.3) is 11.8 Å². The second kappa shape index (κ2) is 7.48. The second-order valence-corrected chi connectivity index (χ2v) is 8.22. The van der Waals surface area contributed by atoms with Crippen LogP contribution >= 0.6 is 0 Å². The summed E-state index contributed by atoms with van der Waals surface area (Å²) in [4.78, 5) is 6.50. The first-order valence-corrected chi connectivity index (χ1v) is 10.7. The fourth-order valence-corrected chi connectivity index (χ4v) is 3.78. The van der Waals surface area contributed by atoms with Crippen molar-refractivity contribution in [1.82, 2.24) is 14.5 Å². The molecule has 1 aromatic carbocycles. The first-order valence-electron chi connectivity index (χ1n) is 8.79. The molecule has 1 aliphatic rings. The Balaban J connectivity index is 2.28. The summed E-state index contributed by atoms with van der Waals surface area (Å²) in [6, 6.07) is 9.46. The second-order valence-electron chi connectivity index (χ2n) is 6.28. The van der Waals surface area contributed by atoms with Gasteiger partial charge in [-0.1, -0.05) is 18.2 Å². The van der Waals surface area contributed by atoms with Crippen molar-refractivity contribution >= 4 is 26.8 Å². The lowest BCUT2D eigenvalue weighted by molar-refractivity contribution is 0.464. The summed E-state index contributed by atoms with van der Waals surface area (Å²) >= 11 is 0. The highest BCUT2D eigenvalue weighted by atomic mass is 32.2. The zero-order chi connectivity index (χ0) is 19.6. The van der Waals surface area contributed by atoms with Crippen LogP contribution in [-0.4, -0.2) is 53.1 Å². The molecule has 2 heterocycles. The van der Waals surface area contributed by atoms with E-state index in [1.807, 2.05) is 62.1 Å². The number of hydrogen-bond acceptors (Lipinski definition) is 6. The monoisotopic (exact) mass is 385 g/mol. The highest BCUT2D eigenvalue weighted by Crippen LogP contribution is 2.23. The molecule has 0 radical (unpaired) electrons. The first kappa shape index (κ1) is 19.0.